The molecule has 0 aliphatic rings. The summed E-state index contributed by atoms with van der Waals surface area (Å²) in [7, 11) is 0. The zero-order chi connectivity index (χ0) is 14.5. The molecule has 0 saturated heterocycles. The van der Waals surface area contributed by atoms with Crippen molar-refractivity contribution in [3.05, 3.63) is 49.1 Å². The first-order valence-corrected chi connectivity index (χ1v) is 8.45. The minimum absolute atomic E-state index is 0.551. The fourth-order valence-corrected chi connectivity index (χ4v) is 3.56. The number of hydrogen-bond donors (Lipinski definition) is 1. The van der Waals surface area contributed by atoms with Gasteiger partial charge in [-0.25, -0.2) is 0 Å². The van der Waals surface area contributed by atoms with E-state index in [1.807, 2.05) is 29.5 Å². The Morgan fingerprint density at radius 3 is 2.85 bits per heavy atom. The van der Waals surface area contributed by atoms with Gasteiger partial charge in [0.15, 0.2) is 0 Å². The van der Waals surface area contributed by atoms with Crippen molar-refractivity contribution < 1.29 is 4.74 Å². The van der Waals surface area contributed by atoms with E-state index in [1.165, 1.54) is 15.3 Å². The average molecular weight is 375 g/mol. The number of nitrogens with one attached hydrogen (secondary N) is 1. The highest BCUT2D eigenvalue weighted by Gasteiger charge is 2.08. The van der Waals surface area contributed by atoms with Crippen LogP contribution in [-0.2, 0) is 13.2 Å². The second-order valence-corrected chi connectivity index (χ2v) is 7.10. The van der Waals surface area contributed by atoms with Crippen LogP contribution < -0.4 is 10.1 Å². The van der Waals surface area contributed by atoms with Gasteiger partial charge in [0.1, 0.15) is 12.4 Å². The van der Waals surface area contributed by atoms with Gasteiger partial charge in [-0.2, -0.15) is 0 Å². The Kier molecular flexibility index (Phi) is 5.90. The first kappa shape index (κ1) is 15.8. The largest absolute Gasteiger partial charge is 0.487 e. The molecule has 1 aromatic heterocycles. The Bertz CT molecular complexity index is 585. The Balaban J connectivity index is 2.01. The maximum Gasteiger partial charge on any atom is 0.138 e. The zero-order valence-corrected chi connectivity index (χ0v) is 14.7. The number of benzene rings is 1. The molecule has 1 N–H and O–H groups in total. The van der Waals surface area contributed by atoms with Gasteiger partial charge in [-0.15, -0.1) is 11.3 Å². The zero-order valence-electron chi connectivity index (χ0n) is 11.5. The molecule has 0 atom stereocenters. The minimum Gasteiger partial charge on any atom is -0.487 e. The van der Waals surface area contributed by atoms with Crippen LogP contribution in [0, 0.1) is 6.92 Å². The van der Waals surface area contributed by atoms with E-state index in [0.717, 1.165) is 17.6 Å². The van der Waals surface area contributed by atoms with E-state index in [4.69, 9.17) is 16.3 Å². The molecule has 1 aromatic carbocycles. The Morgan fingerprint density at radius 2 is 2.15 bits per heavy atom. The van der Waals surface area contributed by atoms with Crippen LogP contribution in [0.3, 0.4) is 0 Å². The molecule has 0 saturated carbocycles. The number of ether oxygens (including phenoxy) is 1. The summed E-state index contributed by atoms with van der Waals surface area (Å²) in [6.45, 7) is 6.69. The third kappa shape index (κ3) is 4.22. The molecule has 0 amide bonds. The normalized spacial score (nSPS) is 10.8. The van der Waals surface area contributed by atoms with Crippen molar-refractivity contribution in [2.24, 2.45) is 0 Å². The van der Waals surface area contributed by atoms with E-state index in [0.29, 0.717) is 17.4 Å². The second kappa shape index (κ2) is 7.46. The van der Waals surface area contributed by atoms with Crippen LogP contribution in [0.25, 0.3) is 0 Å². The van der Waals surface area contributed by atoms with Crippen molar-refractivity contribution in [1.82, 2.24) is 5.32 Å². The fraction of sp³-hybridized carbons (Fsp3) is 0.333. The van der Waals surface area contributed by atoms with Crippen LogP contribution >= 0.6 is 38.9 Å². The highest BCUT2D eigenvalue weighted by molar-refractivity contribution is 9.10. The van der Waals surface area contributed by atoms with Crippen molar-refractivity contribution in [2.75, 3.05) is 6.54 Å². The average Bonchev–Trinajstić information content (AvgIpc) is 2.76. The van der Waals surface area contributed by atoms with Gasteiger partial charge in [0.05, 0.1) is 5.02 Å². The van der Waals surface area contributed by atoms with Crippen LogP contribution in [0.4, 0.5) is 0 Å². The Morgan fingerprint density at radius 1 is 1.35 bits per heavy atom. The summed E-state index contributed by atoms with van der Waals surface area (Å²) in [6, 6.07) is 7.86. The number of thiophene rings is 1. The summed E-state index contributed by atoms with van der Waals surface area (Å²) in [4.78, 5) is 2.64. The monoisotopic (exact) mass is 373 g/mol. The smallest absolute Gasteiger partial charge is 0.138 e. The van der Waals surface area contributed by atoms with Gasteiger partial charge in [-0.05, 0) is 37.7 Å². The molecule has 20 heavy (non-hydrogen) atoms. The van der Waals surface area contributed by atoms with Gasteiger partial charge >= 0.3 is 0 Å². The lowest BCUT2D eigenvalue weighted by Crippen LogP contribution is -2.10. The maximum absolute atomic E-state index is 6.15. The van der Waals surface area contributed by atoms with Crippen LogP contribution in [0.1, 0.15) is 22.2 Å². The summed E-state index contributed by atoms with van der Waals surface area (Å²) >= 11 is 11.3. The highest BCUT2D eigenvalue weighted by Crippen LogP contribution is 2.29. The highest BCUT2D eigenvalue weighted by atomic mass is 79.9. The Hall–Kier alpha value is -0.550. The summed E-state index contributed by atoms with van der Waals surface area (Å²) in [5.41, 5.74) is 1.22. The van der Waals surface area contributed by atoms with Gasteiger partial charge in [0.25, 0.3) is 0 Å². The van der Waals surface area contributed by atoms with Crippen LogP contribution in [0.5, 0.6) is 5.75 Å². The summed E-state index contributed by atoms with van der Waals surface area (Å²) < 4.78 is 6.76. The van der Waals surface area contributed by atoms with Crippen molar-refractivity contribution >= 4 is 38.9 Å². The lowest BCUT2D eigenvalue weighted by Gasteiger charge is -2.08. The van der Waals surface area contributed by atoms with E-state index in [1.54, 1.807) is 0 Å². The van der Waals surface area contributed by atoms with Crippen LogP contribution in [0.15, 0.2) is 28.7 Å². The molecule has 2 rings (SSSR count). The predicted molar refractivity (Wildman–Crippen MR) is 89.9 cm³/mol. The molecule has 108 valence electrons. The van der Waals surface area contributed by atoms with E-state index in [2.05, 4.69) is 41.2 Å². The quantitative estimate of drug-likeness (QED) is 0.754. The van der Waals surface area contributed by atoms with E-state index in [9.17, 15) is 0 Å². The van der Waals surface area contributed by atoms with Crippen molar-refractivity contribution in [3.63, 3.8) is 0 Å². The molecular weight excluding hydrogens is 358 g/mol. The summed E-state index contributed by atoms with van der Waals surface area (Å²) in [6.07, 6.45) is 0. The lowest BCUT2D eigenvalue weighted by molar-refractivity contribution is 0.306. The molecule has 0 spiro atoms. The van der Waals surface area contributed by atoms with Gasteiger partial charge in [0.2, 0.25) is 0 Å². The lowest BCUT2D eigenvalue weighted by atomic mass is 10.2. The number of halogens is 2. The minimum atomic E-state index is 0.551. The van der Waals surface area contributed by atoms with Crippen molar-refractivity contribution in [2.45, 2.75) is 27.0 Å². The van der Waals surface area contributed by atoms with E-state index >= 15 is 0 Å². The summed E-state index contributed by atoms with van der Waals surface area (Å²) in [5.74, 6) is 0.716. The van der Waals surface area contributed by atoms with Crippen LogP contribution in [-0.4, -0.2) is 6.54 Å². The molecule has 0 unspecified atom stereocenters. The molecular formula is C15H17BrClNOS. The molecule has 0 bridgehead atoms. The third-order valence-electron chi connectivity index (χ3n) is 2.90. The molecule has 5 heteroatoms. The predicted octanol–water partition coefficient (Wildman–Crippen LogP) is 5.16. The molecule has 0 radical (unpaired) electrons. The molecule has 0 aliphatic carbocycles. The van der Waals surface area contributed by atoms with E-state index < -0.39 is 0 Å². The molecule has 0 aliphatic heterocycles. The number of aryl methyl sites for hydroxylation is 1. The van der Waals surface area contributed by atoms with E-state index in [-0.39, 0.29) is 0 Å². The van der Waals surface area contributed by atoms with Gasteiger partial charge in [-0.3, -0.25) is 0 Å². The number of rotatable bonds is 6. The third-order valence-corrected chi connectivity index (χ3v) is 4.78. The first-order chi connectivity index (χ1) is 9.60. The fourth-order valence-electron chi connectivity index (χ4n) is 1.81. The number of hydrogen-bond acceptors (Lipinski definition) is 3. The summed E-state index contributed by atoms with van der Waals surface area (Å²) in [5, 5.41) is 3.96. The maximum atomic E-state index is 6.15. The molecule has 2 nitrogen and oxygen atoms in total. The molecule has 2 aromatic rings. The molecule has 0 fully saturated rings. The van der Waals surface area contributed by atoms with Crippen LogP contribution in [0.2, 0.25) is 5.02 Å². The molecule has 1 heterocycles. The second-order valence-electron chi connectivity index (χ2n) is 4.44. The van der Waals surface area contributed by atoms with Crippen molar-refractivity contribution in [3.8, 4) is 5.75 Å². The van der Waals surface area contributed by atoms with Gasteiger partial charge in [-0.1, -0.05) is 34.5 Å². The van der Waals surface area contributed by atoms with Gasteiger partial charge < -0.3 is 10.1 Å². The topological polar surface area (TPSA) is 21.3 Å². The Labute approximate surface area is 137 Å². The standard InChI is InChI=1S/C15H17BrClNOS/c1-3-18-8-13-6-11(10(2)20-13)9-19-15-5-4-12(16)7-14(15)17/h4-7,18H,3,8-9H2,1-2H3. The first-order valence-electron chi connectivity index (χ1n) is 6.47. The van der Waals surface area contributed by atoms with Gasteiger partial charge in [0, 0.05) is 26.3 Å². The van der Waals surface area contributed by atoms with Crippen molar-refractivity contribution in [1.29, 1.82) is 0 Å². The SMILES string of the molecule is CCNCc1cc(COc2ccc(Br)cc2Cl)c(C)s1.